The lowest BCUT2D eigenvalue weighted by Gasteiger charge is -2.37. The Labute approximate surface area is 498 Å². The molecule has 3 heterocycles. The van der Waals surface area contributed by atoms with Crippen molar-refractivity contribution >= 4 is 71.1 Å². The average Bonchev–Trinajstić information content (AvgIpc) is 2.96. The number of carbonyl (C=O) groups is 6. The van der Waals surface area contributed by atoms with Crippen LogP contribution in [0.3, 0.4) is 0 Å². The highest BCUT2D eigenvalue weighted by Crippen LogP contribution is 2.38. The van der Waals surface area contributed by atoms with Gasteiger partial charge in [0.15, 0.2) is 35.9 Å². The minimum atomic E-state index is -1.61. The highest BCUT2D eigenvalue weighted by Gasteiger charge is 2.37. The number of hydrogen-bond donors (Lipinski definition) is 8. The Kier molecular flexibility index (Phi) is 27.5. The molecule has 3 amide bonds. The summed E-state index contributed by atoms with van der Waals surface area (Å²) in [5.74, 6) is -1.18. The molecule has 7 rings (SSSR count). The predicted molar refractivity (Wildman–Crippen MR) is 323 cm³/mol. The standard InChI is InChI=1S/C33H43N3O14.C19H20N4O.C7H10N2O.CH4O/c1-5-23(34(6-2)19-38)31(40)35(24-17-28(47-12-8-7-11-37)27(46-4)13-20(24)3)33(43)48-18-21-9-10-26(25(14-21)36(44)45)49-30-16-22(39)15-29(50-30)32(41)42;1-21-16-7-3-13(4-8-16)14-11-18(23(2)12-14)19(24)22-17-9-5-15(20)6-10-17;1-8-6-3-7(5-10)9(2)4-6;1-2/h9-11,13-14,17,19,22-23,29-31,39-40H,5-8,12,15-16,18H2,1-4H3,(H,41,42);3-12,21H,20H2,1-2H3,(H,22,24);3-5,8H,1-2H3;2H,1H3/t22-,23-,29-,30+,31?;;;/m0.../s1. The zero-order chi connectivity index (χ0) is 63.6. The fraction of sp³-hybridized carbons (Fsp3) is 0.367. The Balaban J connectivity index is 0.000000357. The van der Waals surface area contributed by atoms with Crippen LogP contribution in [0.2, 0.25) is 0 Å². The van der Waals surface area contributed by atoms with Gasteiger partial charge in [0.1, 0.15) is 18.6 Å². The number of aliphatic hydroxyl groups excluding tert-OH is 3. The second kappa shape index (κ2) is 34.3. The number of nitrogens with one attached hydrogen (secondary N) is 3. The Morgan fingerprint density at radius 2 is 1.55 bits per heavy atom. The number of anilines is 5. The van der Waals surface area contributed by atoms with Crippen LogP contribution < -0.4 is 40.8 Å². The van der Waals surface area contributed by atoms with Crippen LogP contribution in [0, 0.1) is 17.0 Å². The summed E-state index contributed by atoms with van der Waals surface area (Å²) in [6, 6.07) is 24.8. The van der Waals surface area contributed by atoms with E-state index in [1.807, 2.05) is 75.5 Å². The van der Waals surface area contributed by atoms with Gasteiger partial charge >= 0.3 is 17.7 Å². The van der Waals surface area contributed by atoms with Gasteiger partial charge < -0.3 is 84.6 Å². The molecule has 2 aromatic heterocycles. The number of methoxy groups -OCH3 is 1. The SMILES string of the molecule is CC[C@@H](C(O)N(C(=O)OCc1ccc(O[C@H]2C[C@@H](O)C[C@@H](C(=O)O)O2)c([N+](=O)[O-])c1)c1cc(OCCCC=O)c(OC)cc1C)N(C=O)CC.CNc1cc(C=O)n(C)c1.CNc1ccc(-c2cc(C(=O)Nc3ccc(N)cc3)n(C)c2)cc1.CO. The van der Waals surface area contributed by atoms with Crippen LogP contribution in [0.25, 0.3) is 11.1 Å². The maximum absolute atomic E-state index is 13.8. The van der Waals surface area contributed by atoms with E-state index < -0.39 is 60.0 Å². The van der Waals surface area contributed by atoms with E-state index in [-0.39, 0.29) is 67.5 Å². The molecule has 0 bridgehead atoms. The lowest BCUT2D eigenvalue weighted by molar-refractivity contribution is -0.386. The summed E-state index contributed by atoms with van der Waals surface area (Å²) in [4.78, 5) is 84.1. The van der Waals surface area contributed by atoms with E-state index >= 15 is 0 Å². The number of unbranched alkanes of at least 4 members (excludes halogenated alkanes) is 1. The van der Waals surface area contributed by atoms with Gasteiger partial charge in [-0.15, -0.1) is 0 Å². The molecule has 26 nitrogen and oxygen atoms in total. The molecule has 1 fully saturated rings. The van der Waals surface area contributed by atoms with Gasteiger partial charge in [-0.2, -0.15) is 0 Å². The molecule has 26 heteroatoms. The van der Waals surface area contributed by atoms with E-state index in [9.17, 15) is 54.2 Å². The number of carboxylic acid groups (broad SMARTS) is 1. The number of rotatable bonds is 25. The normalized spacial score (nSPS) is 14.7. The van der Waals surface area contributed by atoms with E-state index in [0.29, 0.717) is 41.2 Å². The summed E-state index contributed by atoms with van der Waals surface area (Å²) in [6.07, 6.45) is 0.272. The van der Waals surface area contributed by atoms with Crippen molar-refractivity contribution < 1.29 is 77.8 Å². The van der Waals surface area contributed by atoms with Crippen molar-refractivity contribution in [1.82, 2.24) is 14.0 Å². The molecule has 0 saturated carbocycles. The van der Waals surface area contributed by atoms with Crippen LogP contribution in [0.4, 0.5) is 38.9 Å². The molecular formula is C60H77N9O17. The number of aromatic nitrogens is 2. The highest BCUT2D eigenvalue weighted by molar-refractivity contribution is 6.04. The minimum Gasteiger partial charge on any atom is -0.493 e. The molecule has 1 aliphatic heterocycles. The number of nitrogens with two attached hydrogens (primary N) is 1. The zero-order valence-electron chi connectivity index (χ0n) is 49.5. The van der Waals surface area contributed by atoms with Gasteiger partial charge in [0.2, 0.25) is 12.7 Å². The van der Waals surface area contributed by atoms with Crippen molar-refractivity contribution in [2.75, 3.05) is 68.1 Å². The number of aliphatic carboxylic acids is 1. The lowest BCUT2D eigenvalue weighted by atomic mass is 10.1. The van der Waals surface area contributed by atoms with Gasteiger partial charge in [0.25, 0.3) is 5.91 Å². The first-order valence-electron chi connectivity index (χ1n) is 27.2. The zero-order valence-corrected chi connectivity index (χ0v) is 49.5. The molecular weight excluding hydrogens is 1120 g/mol. The van der Waals surface area contributed by atoms with E-state index in [4.69, 9.17) is 34.5 Å². The first-order valence-corrected chi connectivity index (χ1v) is 27.2. The summed E-state index contributed by atoms with van der Waals surface area (Å²) < 4.78 is 31.3. The van der Waals surface area contributed by atoms with Crippen molar-refractivity contribution in [2.45, 2.75) is 90.2 Å². The maximum Gasteiger partial charge on any atom is 0.416 e. The van der Waals surface area contributed by atoms with Gasteiger partial charge in [-0.05, 0) is 104 Å². The second-order valence-corrected chi connectivity index (χ2v) is 19.2. The number of aliphatic hydroxyl groups is 3. The number of likely N-dealkylation sites (N-methyl/N-ethyl adjacent to an activating group) is 1. The minimum absolute atomic E-state index is 0.118. The molecule has 4 aromatic carbocycles. The third-order valence-electron chi connectivity index (χ3n) is 13.4. The van der Waals surface area contributed by atoms with Crippen LogP contribution in [0.5, 0.6) is 17.2 Å². The largest absolute Gasteiger partial charge is 0.493 e. The molecule has 1 saturated heterocycles. The molecule has 0 aliphatic carbocycles. The summed E-state index contributed by atoms with van der Waals surface area (Å²) in [5.41, 5.74) is 12.7. The number of ether oxygens (including phenoxy) is 5. The average molecular weight is 1200 g/mol. The smallest absolute Gasteiger partial charge is 0.416 e. The van der Waals surface area contributed by atoms with E-state index in [1.54, 1.807) is 61.7 Å². The van der Waals surface area contributed by atoms with E-state index in [2.05, 4.69) is 16.0 Å². The van der Waals surface area contributed by atoms with Crippen LogP contribution in [0.15, 0.2) is 103 Å². The second-order valence-electron chi connectivity index (χ2n) is 19.2. The molecule has 1 unspecified atom stereocenters. The monoisotopic (exact) mass is 1200 g/mol. The molecule has 86 heavy (non-hydrogen) atoms. The van der Waals surface area contributed by atoms with E-state index in [1.165, 1.54) is 30.2 Å². The van der Waals surface area contributed by atoms with Crippen molar-refractivity contribution in [3.8, 4) is 28.4 Å². The number of carboxylic acids is 1. The molecule has 5 atom stereocenters. The van der Waals surface area contributed by atoms with Gasteiger partial charge in [-0.1, -0.05) is 25.1 Å². The van der Waals surface area contributed by atoms with Gasteiger partial charge in [-0.3, -0.25) is 24.5 Å². The number of nitrogens with zero attached hydrogens (tertiary/aromatic N) is 5. The highest BCUT2D eigenvalue weighted by atomic mass is 16.7. The molecule has 6 aromatic rings. The fourth-order valence-corrected chi connectivity index (χ4v) is 8.78. The molecule has 464 valence electrons. The van der Waals surface area contributed by atoms with Crippen LogP contribution >= 0.6 is 0 Å². The Morgan fingerprint density at radius 1 is 0.872 bits per heavy atom. The van der Waals surface area contributed by atoms with E-state index in [0.717, 1.165) is 58.8 Å². The van der Waals surface area contributed by atoms with Gasteiger partial charge in [0.05, 0.1) is 47.9 Å². The topological polar surface area (TPSA) is 351 Å². The lowest BCUT2D eigenvalue weighted by Crippen LogP contribution is -2.54. The van der Waals surface area contributed by atoms with Crippen molar-refractivity contribution in [3.63, 3.8) is 0 Å². The Bertz CT molecular complexity index is 3190. The molecule has 0 radical (unpaired) electrons. The van der Waals surface area contributed by atoms with Crippen LogP contribution in [-0.2, 0) is 44.6 Å². The van der Waals surface area contributed by atoms with Crippen LogP contribution in [-0.4, -0.2) is 149 Å². The third kappa shape index (κ3) is 19.3. The number of aryl methyl sites for hydroxylation is 3. The number of nitro groups is 1. The maximum atomic E-state index is 13.8. The Hall–Kier alpha value is -9.50. The fourth-order valence-electron chi connectivity index (χ4n) is 8.78. The van der Waals surface area contributed by atoms with Crippen molar-refractivity contribution in [2.24, 2.45) is 14.1 Å². The van der Waals surface area contributed by atoms with Crippen LogP contribution in [0.1, 0.15) is 78.1 Å². The summed E-state index contributed by atoms with van der Waals surface area (Å²) in [5, 5.41) is 58.8. The predicted octanol–water partition coefficient (Wildman–Crippen LogP) is 7.37. The quantitative estimate of drug-likeness (QED) is 0.00692. The number of benzene rings is 4. The first kappa shape index (κ1) is 69.0. The number of hydrogen-bond acceptors (Lipinski definition) is 19. The molecule has 0 spiro atoms. The first-order chi connectivity index (χ1) is 41.2. The van der Waals surface area contributed by atoms with Crippen molar-refractivity contribution in [1.29, 1.82) is 0 Å². The third-order valence-corrected chi connectivity index (χ3v) is 13.4. The number of nitro benzene ring substituents is 1. The molecule has 9 N–H and O–H groups in total. The number of amides is 3. The number of nitrogen functional groups attached to an aromatic ring is 1. The Morgan fingerprint density at radius 3 is 2.10 bits per heavy atom. The summed E-state index contributed by atoms with van der Waals surface area (Å²) in [7, 11) is 9.84. The number of aldehydes is 2. The molecule has 1 aliphatic rings. The van der Waals surface area contributed by atoms with Gasteiger partial charge in [-0.25, -0.2) is 14.5 Å². The van der Waals surface area contributed by atoms with Crippen molar-refractivity contribution in [3.05, 3.63) is 136 Å². The number of carbonyl (C=O) groups excluding carboxylic acids is 5. The summed E-state index contributed by atoms with van der Waals surface area (Å²) in [6.45, 7) is 5.00. The summed E-state index contributed by atoms with van der Waals surface area (Å²) >= 11 is 0. The van der Waals surface area contributed by atoms with Gasteiger partial charge in [0, 0.05) is 108 Å².